The van der Waals surface area contributed by atoms with Gasteiger partial charge in [-0.05, 0) is 29.8 Å². The third-order valence-corrected chi connectivity index (χ3v) is 4.84. The molecule has 1 unspecified atom stereocenters. The molecule has 1 aliphatic rings. The first-order chi connectivity index (χ1) is 10.2. The van der Waals surface area contributed by atoms with Crippen LogP contribution in [0.5, 0.6) is 17.2 Å². The zero-order valence-corrected chi connectivity index (χ0v) is 14.6. The topological polar surface area (TPSA) is 27.7 Å². The maximum absolute atomic E-state index is 5.64. The Morgan fingerprint density at radius 2 is 1.81 bits per heavy atom. The number of hydrogen-bond acceptors (Lipinski definition) is 3. The van der Waals surface area contributed by atoms with Crippen molar-refractivity contribution in [2.75, 3.05) is 20.3 Å². The summed E-state index contributed by atoms with van der Waals surface area (Å²) in [5.74, 6) is 2.42. The number of halogens is 2. The van der Waals surface area contributed by atoms with Crippen LogP contribution >= 0.6 is 31.9 Å². The maximum atomic E-state index is 5.64. The molecule has 1 atom stereocenters. The second-order valence-electron chi connectivity index (χ2n) is 4.65. The number of hydrogen-bond donors (Lipinski definition) is 0. The molecule has 110 valence electrons. The molecule has 3 nitrogen and oxygen atoms in total. The van der Waals surface area contributed by atoms with Crippen LogP contribution in [0.15, 0.2) is 40.9 Å². The second-order valence-corrected chi connectivity index (χ2v) is 6.48. The molecule has 0 bridgehead atoms. The molecule has 0 aliphatic carbocycles. The van der Waals surface area contributed by atoms with E-state index in [1.807, 2.05) is 36.4 Å². The Bertz CT molecular complexity index is 658. The fraction of sp³-hybridized carbons (Fsp3) is 0.250. The fourth-order valence-electron chi connectivity index (χ4n) is 2.29. The van der Waals surface area contributed by atoms with Gasteiger partial charge in [-0.15, -0.1) is 0 Å². The average molecular weight is 414 g/mol. The predicted octanol–water partition coefficient (Wildman–Crippen LogP) is 4.71. The molecule has 0 N–H and O–H groups in total. The van der Waals surface area contributed by atoms with Gasteiger partial charge in [-0.2, -0.15) is 0 Å². The molecule has 3 rings (SSSR count). The Kier molecular flexibility index (Phi) is 4.40. The highest BCUT2D eigenvalue weighted by atomic mass is 79.9. The first-order valence-corrected chi connectivity index (χ1v) is 8.27. The van der Waals surface area contributed by atoms with Crippen molar-refractivity contribution in [1.82, 2.24) is 0 Å². The predicted molar refractivity (Wildman–Crippen MR) is 88.9 cm³/mol. The van der Waals surface area contributed by atoms with Crippen molar-refractivity contribution in [3.05, 3.63) is 52.0 Å². The van der Waals surface area contributed by atoms with Crippen molar-refractivity contribution in [2.24, 2.45) is 0 Å². The summed E-state index contributed by atoms with van der Waals surface area (Å²) in [5, 5.41) is 0. The smallest absolute Gasteiger partial charge is 0.161 e. The fourth-order valence-corrected chi connectivity index (χ4v) is 3.29. The van der Waals surface area contributed by atoms with Gasteiger partial charge in [0.2, 0.25) is 0 Å². The molecule has 0 radical (unpaired) electrons. The summed E-state index contributed by atoms with van der Waals surface area (Å²) in [6.07, 6.45) is 0. The van der Waals surface area contributed by atoms with E-state index in [0.29, 0.717) is 13.2 Å². The van der Waals surface area contributed by atoms with Crippen LogP contribution < -0.4 is 14.2 Å². The van der Waals surface area contributed by atoms with E-state index in [9.17, 15) is 0 Å². The minimum absolute atomic E-state index is 0.0244. The Balaban J connectivity index is 1.96. The number of fused-ring (bicyclic) bond motifs is 1. The van der Waals surface area contributed by atoms with E-state index >= 15 is 0 Å². The first-order valence-electron chi connectivity index (χ1n) is 6.56. The molecule has 2 aromatic carbocycles. The molecular formula is C16H14Br2O3. The number of methoxy groups -OCH3 is 1. The normalized spacial score (nSPS) is 14.6. The molecule has 5 heteroatoms. The monoisotopic (exact) mass is 412 g/mol. The molecule has 0 saturated carbocycles. The highest BCUT2D eigenvalue weighted by molar-refractivity contribution is 9.10. The van der Waals surface area contributed by atoms with Crippen molar-refractivity contribution >= 4 is 31.9 Å². The van der Waals surface area contributed by atoms with Crippen LogP contribution in [0.1, 0.15) is 16.0 Å². The van der Waals surface area contributed by atoms with Gasteiger partial charge in [0.1, 0.15) is 19.0 Å². The largest absolute Gasteiger partial charge is 0.496 e. The van der Waals surface area contributed by atoms with Gasteiger partial charge >= 0.3 is 0 Å². The van der Waals surface area contributed by atoms with Crippen LogP contribution in [-0.4, -0.2) is 20.3 Å². The van der Waals surface area contributed by atoms with E-state index in [1.54, 1.807) is 7.11 Å². The van der Waals surface area contributed by atoms with Crippen molar-refractivity contribution in [3.63, 3.8) is 0 Å². The van der Waals surface area contributed by atoms with Gasteiger partial charge in [0.05, 0.1) is 11.9 Å². The summed E-state index contributed by atoms with van der Waals surface area (Å²) >= 11 is 7.21. The SMILES string of the molecule is COc1cc(Br)ccc1C(Br)c1ccc2c(c1)OCCO2. The maximum Gasteiger partial charge on any atom is 0.161 e. The molecule has 2 aromatic rings. The van der Waals surface area contributed by atoms with Crippen molar-refractivity contribution in [3.8, 4) is 17.2 Å². The third kappa shape index (κ3) is 3.04. The van der Waals surface area contributed by atoms with Crippen LogP contribution in [0, 0.1) is 0 Å². The van der Waals surface area contributed by atoms with Crippen molar-refractivity contribution in [1.29, 1.82) is 0 Å². The summed E-state index contributed by atoms with van der Waals surface area (Å²) < 4.78 is 17.7. The standard InChI is InChI=1S/C16H14Br2O3/c1-19-14-9-11(17)3-4-12(14)16(18)10-2-5-13-15(8-10)21-7-6-20-13/h2-5,8-9,16H,6-7H2,1H3. The van der Waals surface area contributed by atoms with E-state index in [0.717, 1.165) is 32.8 Å². The Morgan fingerprint density at radius 1 is 1.05 bits per heavy atom. The Labute approximate surface area is 140 Å². The second kappa shape index (κ2) is 6.28. The lowest BCUT2D eigenvalue weighted by atomic mass is 10.0. The third-order valence-electron chi connectivity index (χ3n) is 3.33. The summed E-state index contributed by atoms with van der Waals surface area (Å²) in [4.78, 5) is 0.0244. The van der Waals surface area contributed by atoms with Gasteiger partial charge in [0.15, 0.2) is 11.5 Å². The van der Waals surface area contributed by atoms with Crippen molar-refractivity contribution in [2.45, 2.75) is 4.83 Å². The minimum atomic E-state index is 0.0244. The molecule has 0 saturated heterocycles. The van der Waals surface area contributed by atoms with Crippen LogP contribution in [0.2, 0.25) is 0 Å². The number of rotatable bonds is 3. The molecule has 0 fully saturated rings. The molecule has 1 heterocycles. The molecule has 0 spiro atoms. The Hall–Kier alpha value is -1.20. The summed E-state index contributed by atoms with van der Waals surface area (Å²) in [6, 6.07) is 12.0. The lowest BCUT2D eigenvalue weighted by Gasteiger charge is -2.21. The minimum Gasteiger partial charge on any atom is -0.496 e. The van der Waals surface area contributed by atoms with Gasteiger partial charge in [0, 0.05) is 10.0 Å². The van der Waals surface area contributed by atoms with Gasteiger partial charge in [-0.3, -0.25) is 0 Å². The van der Waals surface area contributed by atoms with Gasteiger partial charge in [-0.1, -0.05) is 44.0 Å². The van der Waals surface area contributed by atoms with E-state index < -0.39 is 0 Å². The highest BCUT2D eigenvalue weighted by Crippen LogP contribution is 2.41. The summed E-state index contributed by atoms with van der Waals surface area (Å²) in [5.41, 5.74) is 2.16. The summed E-state index contributed by atoms with van der Waals surface area (Å²) in [7, 11) is 1.68. The summed E-state index contributed by atoms with van der Waals surface area (Å²) in [6.45, 7) is 1.19. The average Bonchev–Trinajstić information content (AvgIpc) is 2.53. The van der Waals surface area contributed by atoms with E-state index in [4.69, 9.17) is 14.2 Å². The molecule has 1 aliphatic heterocycles. The van der Waals surface area contributed by atoms with Gasteiger partial charge in [0.25, 0.3) is 0 Å². The van der Waals surface area contributed by atoms with Gasteiger partial charge < -0.3 is 14.2 Å². The van der Waals surface area contributed by atoms with Crippen LogP contribution in [0.3, 0.4) is 0 Å². The van der Waals surface area contributed by atoms with E-state index in [2.05, 4.69) is 31.9 Å². The molecular weight excluding hydrogens is 400 g/mol. The number of ether oxygens (including phenoxy) is 3. The number of alkyl halides is 1. The van der Waals surface area contributed by atoms with Gasteiger partial charge in [-0.25, -0.2) is 0 Å². The zero-order valence-electron chi connectivity index (χ0n) is 11.4. The quantitative estimate of drug-likeness (QED) is 0.681. The number of benzene rings is 2. The van der Waals surface area contributed by atoms with Crippen molar-refractivity contribution < 1.29 is 14.2 Å². The van der Waals surface area contributed by atoms with E-state index in [-0.39, 0.29) is 4.83 Å². The zero-order chi connectivity index (χ0) is 14.8. The van der Waals surface area contributed by atoms with Crippen LogP contribution in [0.25, 0.3) is 0 Å². The molecule has 21 heavy (non-hydrogen) atoms. The van der Waals surface area contributed by atoms with E-state index in [1.165, 1.54) is 0 Å². The lowest BCUT2D eigenvalue weighted by molar-refractivity contribution is 0.171. The van der Waals surface area contributed by atoms with Crippen LogP contribution in [0.4, 0.5) is 0 Å². The lowest BCUT2D eigenvalue weighted by Crippen LogP contribution is -2.15. The van der Waals surface area contributed by atoms with Crippen LogP contribution in [-0.2, 0) is 0 Å². The highest BCUT2D eigenvalue weighted by Gasteiger charge is 2.19. The molecule has 0 aromatic heterocycles. The molecule has 0 amide bonds. The Morgan fingerprint density at radius 3 is 2.57 bits per heavy atom. The first kappa shape index (κ1) is 14.7.